The van der Waals surface area contributed by atoms with Crippen molar-refractivity contribution < 1.29 is 16.9 Å². The molecule has 0 aliphatic heterocycles. The summed E-state index contributed by atoms with van der Waals surface area (Å²) in [5.41, 5.74) is 0. The van der Waals surface area contributed by atoms with Gasteiger partial charge in [-0.3, -0.25) is 0 Å². The predicted octanol–water partition coefficient (Wildman–Crippen LogP) is 7.86. The summed E-state index contributed by atoms with van der Waals surface area (Å²) in [6.07, 6.45) is 35.4. The normalized spacial score (nSPS) is 11.6. The van der Waals surface area contributed by atoms with E-state index in [1.165, 1.54) is 178 Å². The van der Waals surface area contributed by atoms with E-state index in [0.29, 0.717) is 0 Å². The fourth-order valence-corrected chi connectivity index (χ4v) is 5.00. The molecule has 0 heterocycles. The number of hydrogen-bond donors (Lipinski definition) is 0. The Morgan fingerprint density at radius 3 is 0.758 bits per heavy atom. The van der Waals surface area contributed by atoms with Gasteiger partial charge in [0.1, 0.15) is 0 Å². The van der Waals surface area contributed by atoms with Crippen LogP contribution in [0.15, 0.2) is 0 Å². The molecule has 0 fully saturated rings. The van der Waals surface area contributed by atoms with Gasteiger partial charge in [-0.05, 0) is 26.7 Å². The number of quaternary nitrogens is 1. The summed E-state index contributed by atoms with van der Waals surface area (Å²) in [4.78, 5) is 0. The van der Waals surface area contributed by atoms with Crippen molar-refractivity contribution in [3.63, 3.8) is 0 Å². The van der Waals surface area contributed by atoms with Crippen LogP contribution in [-0.2, 0) is 0 Å². The molecule has 0 saturated heterocycles. The second-order valence-electron chi connectivity index (χ2n) is 11.1. The van der Waals surface area contributed by atoms with Gasteiger partial charge in [0.25, 0.3) is 0 Å². The molecule has 202 valence electrons. The summed E-state index contributed by atoms with van der Waals surface area (Å²) in [5.74, 6) is 0. The van der Waals surface area contributed by atoms with E-state index in [-0.39, 0.29) is 12.4 Å². The smallest absolute Gasteiger partial charge is 0.0784 e. The van der Waals surface area contributed by atoms with Crippen LogP contribution in [0.4, 0.5) is 0 Å². The van der Waals surface area contributed by atoms with Crippen molar-refractivity contribution in [1.82, 2.24) is 0 Å². The van der Waals surface area contributed by atoms with Crippen LogP contribution in [-0.4, -0.2) is 31.2 Å². The Bertz CT molecular complexity index is 340. The molecule has 0 aromatic heterocycles. The van der Waals surface area contributed by atoms with Gasteiger partial charge in [-0.1, -0.05) is 148 Å². The first-order chi connectivity index (χ1) is 15.7. The molecular formula is C31H66ClN. The third-order valence-corrected chi connectivity index (χ3v) is 8.08. The molecule has 0 atom stereocenters. The largest absolute Gasteiger partial charge is 1.00 e. The number of hydrogen-bond acceptors (Lipinski definition) is 0. The minimum Gasteiger partial charge on any atom is -1.00 e. The Morgan fingerprint density at radius 1 is 0.333 bits per heavy atom. The lowest BCUT2D eigenvalue weighted by Gasteiger charge is -2.32. The van der Waals surface area contributed by atoms with Gasteiger partial charge in [0.2, 0.25) is 0 Å². The average Bonchev–Trinajstić information content (AvgIpc) is 2.81. The van der Waals surface area contributed by atoms with Gasteiger partial charge in [-0.15, -0.1) is 0 Å². The topological polar surface area (TPSA) is 0 Å². The van der Waals surface area contributed by atoms with E-state index in [0.717, 1.165) is 0 Å². The van der Waals surface area contributed by atoms with Gasteiger partial charge in [0.15, 0.2) is 0 Å². The van der Waals surface area contributed by atoms with Gasteiger partial charge in [-0.25, -0.2) is 0 Å². The highest BCUT2D eigenvalue weighted by atomic mass is 35.5. The lowest BCUT2D eigenvalue weighted by atomic mass is 10.0. The molecule has 0 spiro atoms. The van der Waals surface area contributed by atoms with Crippen LogP contribution in [0, 0.1) is 0 Å². The molecule has 0 bridgehead atoms. The predicted molar refractivity (Wildman–Crippen MR) is 149 cm³/mol. The molecule has 0 rings (SSSR count). The van der Waals surface area contributed by atoms with E-state index in [9.17, 15) is 0 Å². The zero-order chi connectivity index (χ0) is 23.6. The third-order valence-electron chi connectivity index (χ3n) is 8.08. The number of nitrogens with zero attached hydrogens (tertiary/aromatic N) is 1. The van der Waals surface area contributed by atoms with Gasteiger partial charge >= 0.3 is 0 Å². The minimum atomic E-state index is 0. The van der Waals surface area contributed by atoms with E-state index >= 15 is 0 Å². The molecule has 0 radical (unpaired) electrons. The Labute approximate surface area is 218 Å². The minimum absolute atomic E-state index is 0. The van der Waals surface area contributed by atoms with E-state index in [4.69, 9.17) is 0 Å². The van der Waals surface area contributed by atoms with Crippen LogP contribution in [0.25, 0.3) is 0 Å². The van der Waals surface area contributed by atoms with E-state index in [1.54, 1.807) is 0 Å². The van der Waals surface area contributed by atoms with Gasteiger partial charge in [0, 0.05) is 0 Å². The van der Waals surface area contributed by atoms with Gasteiger partial charge < -0.3 is 16.9 Å². The summed E-state index contributed by atoms with van der Waals surface area (Å²) >= 11 is 0. The zero-order valence-corrected chi connectivity index (χ0v) is 24.7. The van der Waals surface area contributed by atoms with Crippen molar-refractivity contribution in [3.05, 3.63) is 0 Å². The molecule has 2 heteroatoms. The number of halogens is 1. The summed E-state index contributed by atoms with van der Waals surface area (Å²) in [7, 11) is 2.42. The van der Waals surface area contributed by atoms with Crippen LogP contribution in [0.2, 0.25) is 0 Å². The molecule has 0 unspecified atom stereocenters. The van der Waals surface area contributed by atoms with Crippen molar-refractivity contribution in [3.8, 4) is 0 Å². The summed E-state index contributed by atoms with van der Waals surface area (Å²) in [6, 6.07) is 0. The SMILES string of the molecule is CCCCCCCCCCCCCCCCCCCCCCCCCC[N+](C)(CC)CC.[Cl-]. The van der Waals surface area contributed by atoms with Crippen molar-refractivity contribution >= 4 is 0 Å². The van der Waals surface area contributed by atoms with Crippen LogP contribution in [0.5, 0.6) is 0 Å². The quantitative estimate of drug-likeness (QED) is 0.0816. The van der Waals surface area contributed by atoms with Crippen molar-refractivity contribution in [1.29, 1.82) is 0 Å². The Kier molecular flexibility index (Phi) is 30.6. The molecule has 0 aliphatic rings. The maximum atomic E-state index is 2.42. The zero-order valence-electron chi connectivity index (χ0n) is 23.9. The molecule has 33 heavy (non-hydrogen) atoms. The highest BCUT2D eigenvalue weighted by Gasteiger charge is 2.14. The average molecular weight is 488 g/mol. The highest BCUT2D eigenvalue weighted by Crippen LogP contribution is 2.16. The Morgan fingerprint density at radius 2 is 0.545 bits per heavy atom. The van der Waals surface area contributed by atoms with Gasteiger partial charge in [0.05, 0.1) is 26.7 Å². The fraction of sp³-hybridized carbons (Fsp3) is 1.00. The second kappa shape index (κ2) is 28.5. The Hall–Kier alpha value is 0.250. The molecule has 0 aliphatic carbocycles. The van der Waals surface area contributed by atoms with E-state index < -0.39 is 0 Å². The van der Waals surface area contributed by atoms with Crippen molar-refractivity contribution in [2.75, 3.05) is 26.7 Å². The second-order valence-corrected chi connectivity index (χ2v) is 11.1. The summed E-state index contributed by atoms with van der Waals surface area (Å²) in [5, 5.41) is 0. The first-order valence-electron chi connectivity index (χ1n) is 15.5. The first kappa shape index (κ1) is 35.4. The maximum absolute atomic E-state index is 2.42. The fourth-order valence-electron chi connectivity index (χ4n) is 5.00. The third kappa shape index (κ3) is 26.7. The number of unbranched alkanes of at least 4 members (excludes halogenated alkanes) is 23. The first-order valence-corrected chi connectivity index (χ1v) is 15.5. The van der Waals surface area contributed by atoms with Crippen LogP contribution in [0.1, 0.15) is 175 Å². The lowest BCUT2D eigenvalue weighted by Crippen LogP contribution is -3.00. The molecule has 1 nitrogen and oxygen atoms in total. The van der Waals surface area contributed by atoms with Gasteiger partial charge in [-0.2, -0.15) is 0 Å². The standard InChI is InChI=1S/C31H66N.ClH/c1-5-8-9-10-11-12-13-14-15-16-17-18-19-20-21-22-23-24-25-26-27-28-29-30-31-32(4,6-2)7-3;/h5-31H2,1-4H3;1H/q+1;/p-1. The summed E-state index contributed by atoms with van der Waals surface area (Å²) in [6.45, 7) is 10.9. The van der Waals surface area contributed by atoms with E-state index in [2.05, 4.69) is 27.8 Å². The monoisotopic (exact) mass is 487 g/mol. The molecule has 0 N–H and O–H groups in total. The molecule has 0 aromatic carbocycles. The van der Waals surface area contributed by atoms with Crippen molar-refractivity contribution in [2.45, 2.75) is 175 Å². The highest BCUT2D eigenvalue weighted by molar-refractivity contribution is 4.51. The summed E-state index contributed by atoms with van der Waals surface area (Å²) < 4.78 is 1.26. The molecule has 0 saturated carbocycles. The van der Waals surface area contributed by atoms with Crippen LogP contribution < -0.4 is 12.4 Å². The lowest BCUT2D eigenvalue weighted by molar-refractivity contribution is -0.906. The molecular weight excluding hydrogens is 422 g/mol. The van der Waals surface area contributed by atoms with E-state index in [1.807, 2.05) is 0 Å². The number of rotatable bonds is 27. The molecule has 0 amide bonds. The van der Waals surface area contributed by atoms with Crippen LogP contribution >= 0.6 is 0 Å². The Balaban J connectivity index is 0. The molecule has 0 aromatic rings. The van der Waals surface area contributed by atoms with Crippen LogP contribution in [0.3, 0.4) is 0 Å². The maximum Gasteiger partial charge on any atom is 0.0784 e. The van der Waals surface area contributed by atoms with Crippen molar-refractivity contribution in [2.24, 2.45) is 0 Å².